The molecule has 0 unspecified atom stereocenters. The fraction of sp³-hybridized carbons (Fsp3) is 0.0667. The number of nitrogens with zero attached hydrogens (tertiary/aromatic N) is 1. The lowest BCUT2D eigenvalue weighted by molar-refractivity contribution is 0.662. The van der Waals surface area contributed by atoms with Crippen LogP contribution in [0.3, 0.4) is 0 Å². The van der Waals surface area contributed by atoms with Gasteiger partial charge < -0.3 is 4.90 Å². The molecule has 0 aromatic heterocycles. The largest absolute Gasteiger partial charge is 0.311 e. The summed E-state index contributed by atoms with van der Waals surface area (Å²) in [7, 11) is 0. The summed E-state index contributed by atoms with van der Waals surface area (Å²) in [5.74, 6) is 0. The van der Waals surface area contributed by atoms with E-state index in [4.69, 9.17) is 0 Å². The van der Waals surface area contributed by atoms with Crippen LogP contribution in [-0.4, -0.2) is 0 Å². The van der Waals surface area contributed by atoms with E-state index in [0.717, 1.165) is 17.1 Å². The summed E-state index contributed by atoms with van der Waals surface area (Å²) < 4.78 is 0. The van der Waals surface area contributed by atoms with Crippen LogP contribution >= 0.6 is 0 Å². The van der Waals surface area contributed by atoms with Gasteiger partial charge in [0.05, 0.1) is 0 Å². The molecule has 8 rings (SSSR count). The van der Waals surface area contributed by atoms with Gasteiger partial charge in [-0.25, -0.2) is 0 Å². The number of hydrogen-bond donors (Lipinski definition) is 0. The SMILES string of the molecule is CC1(C)c2ccccc2-c2cc(-c3ccc(-c4ccc(N(c5ccccc5)c5ccccc5)cc4)cc3)cc(-c3ccccc3)c21. The minimum absolute atomic E-state index is 0.0672. The molecule has 0 fully saturated rings. The van der Waals surface area contributed by atoms with Crippen molar-refractivity contribution in [1.29, 1.82) is 0 Å². The number of fused-ring (bicyclic) bond motifs is 3. The maximum atomic E-state index is 2.40. The smallest absolute Gasteiger partial charge is 0.0462 e. The molecule has 0 radical (unpaired) electrons. The zero-order valence-electron chi connectivity index (χ0n) is 26.2. The lowest BCUT2D eigenvalue weighted by atomic mass is 9.78. The average molecular weight is 590 g/mol. The zero-order chi connectivity index (χ0) is 31.1. The molecule has 0 spiro atoms. The second-order valence-corrected chi connectivity index (χ2v) is 12.6. The first-order valence-electron chi connectivity index (χ1n) is 16.0. The molecule has 0 aliphatic heterocycles. The Kier molecular flexibility index (Phi) is 6.88. The quantitative estimate of drug-likeness (QED) is 0.186. The van der Waals surface area contributed by atoms with Crippen LogP contribution in [0.4, 0.5) is 17.1 Å². The topological polar surface area (TPSA) is 3.24 Å². The Hall–Kier alpha value is -5.66. The van der Waals surface area contributed by atoms with Gasteiger partial charge in [-0.1, -0.05) is 141 Å². The first-order chi connectivity index (χ1) is 22.6. The molecular formula is C45H35N. The Morgan fingerprint density at radius 1 is 0.348 bits per heavy atom. The van der Waals surface area contributed by atoms with Crippen molar-refractivity contribution >= 4 is 17.1 Å². The maximum absolute atomic E-state index is 2.40. The van der Waals surface area contributed by atoms with Gasteiger partial charge in [0.25, 0.3) is 0 Å². The summed E-state index contributed by atoms with van der Waals surface area (Å²) in [5.41, 5.74) is 16.3. The molecule has 0 N–H and O–H groups in total. The standard InChI is InChI=1S/C45H35N/c1-45(2)43-21-13-12-20-40(43)42-31-36(30-41(44(42)45)35-14-6-3-7-15-35)34-24-22-32(23-25-34)33-26-28-39(29-27-33)46(37-16-8-4-9-17-37)38-18-10-5-11-19-38/h3-31H,1-2H3. The van der Waals surface area contributed by atoms with E-state index < -0.39 is 0 Å². The van der Waals surface area contributed by atoms with Crippen molar-refractivity contribution in [2.45, 2.75) is 19.3 Å². The van der Waals surface area contributed by atoms with Crippen LogP contribution in [0.2, 0.25) is 0 Å². The number of hydrogen-bond acceptors (Lipinski definition) is 1. The van der Waals surface area contributed by atoms with E-state index in [2.05, 4.69) is 195 Å². The molecule has 0 amide bonds. The highest BCUT2D eigenvalue weighted by molar-refractivity contribution is 5.92. The fourth-order valence-electron chi connectivity index (χ4n) is 7.20. The number of rotatable bonds is 6. The second-order valence-electron chi connectivity index (χ2n) is 12.6. The van der Waals surface area contributed by atoms with Crippen molar-refractivity contribution in [3.05, 3.63) is 187 Å². The normalized spacial score (nSPS) is 12.7. The lowest BCUT2D eigenvalue weighted by Crippen LogP contribution is -2.16. The van der Waals surface area contributed by atoms with Crippen molar-refractivity contribution in [3.8, 4) is 44.5 Å². The first-order valence-corrected chi connectivity index (χ1v) is 16.0. The first kappa shape index (κ1) is 27.9. The van der Waals surface area contributed by atoms with Gasteiger partial charge in [0, 0.05) is 22.5 Å². The van der Waals surface area contributed by atoms with Crippen molar-refractivity contribution in [1.82, 2.24) is 0 Å². The molecule has 0 saturated heterocycles. The van der Waals surface area contributed by atoms with Crippen LogP contribution in [0.15, 0.2) is 176 Å². The van der Waals surface area contributed by atoms with Gasteiger partial charge in [-0.15, -0.1) is 0 Å². The van der Waals surface area contributed by atoms with E-state index in [1.807, 2.05) is 0 Å². The highest BCUT2D eigenvalue weighted by Gasteiger charge is 2.37. The third kappa shape index (κ3) is 4.82. The summed E-state index contributed by atoms with van der Waals surface area (Å²) in [6.45, 7) is 4.73. The minimum atomic E-state index is -0.0672. The predicted molar refractivity (Wildman–Crippen MR) is 195 cm³/mol. The van der Waals surface area contributed by atoms with Crippen LogP contribution in [0.5, 0.6) is 0 Å². The maximum Gasteiger partial charge on any atom is 0.0462 e. The Bertz CT molecular complexity index is 2090. The Labute approximate surface area is 272 Å². The van der Waals surface area contributed by atoms with Gasteiger partial charge in [0.1, 0.15) is 0 Å². The fourth-order valence-corrected chi connectivity index (χ4v) is 7.20. The molecule has 0 bridgehead atoms. The number of benzene rings is 7. The summed E-state index contributed by atoms with van der Waals surface area (Å²) in [5, 5.41) is 0. The van der Waals surface area contributed by atoms with Crippen molar-refractivity contribution in [2.24, 2.45) is 0 Å². The van der Waals surface area contributed by atoms with Crippen LogP contribution in [0.25, 0.3) is 44.5 Å². The molecule has 1 aliphatic carbocycles. The van der Waals surface area contributed by atoms with Gasteiger partial charge in [0.2, 0.25) is 0 Å². The van der Waals surface area contributed by atoms with Crippen molar-refractivity contribution in [2.75, 3.05) is 4.90 Å². The van der Waals surface area contributed by atoms with E-state index in [9.17, 15) is 0 Å². The van der Waals surface area contributed by atoms with Crippen molar-refractivity contribution < 1.29 is 0 Å². The van der Waals surface area contributed by atoms with E-state index in [1.165, 1.54) is 55.6 Å². The number of anilines is 3. The van der Waals surface area contributed by atoms with E-state index in [1.54, 1.807) is 0 Å². The third-order valence-corrected chi connectivity index (χ3v) is 9.44. The van der Waals surface area contributed by atoms with Gasteiger partial charge >= 0.3 is 0 Å². The molecular weight excluding hydrogens is 555 g/mol. The number of para-hydroxylation sites is 2. The Balaban J connectivity index is 1.16. The molecule has 1 aliphatic rings. The van der Waals surface area contributed by atoms with Gasteiger partial charge in [-0.3, -0.25) is 0 Å². The highest BCUT2D eigenvalue weighted by Crippen LogP contribution is 2.53. The molecule has 7 aromatic carbocycles. The predicted octanol–water partition coefficient (Wildman–Crippen LogP) is 12.5. The molecule has 0 saturated carbocycles. The monoisotopic (exact) mass is 589 g/mol. The molecule has 0 heterocycles. The van der Waals surface area contributed by atoms with Crippen LogP contribution in [0, 0.1) is 0 Å². The summed E-state index contributed by atoms with van der Waals surface area (Å²) in [6, 6.07) is 63.6. The molecule has 220 valence electrons. The van der Waals surface area contributed by atoms with E-state index >= 15 is 0 Å². The summed E-state index contributed by atoms with van der Waals surface area (Å²) in [4.78, 5) is 2.30. The summed E-state index contributed by atoms with van der Waals surface area (Å²) in [6.07, 6.45) is 0. The van der Waals surface area contributed by atoms with E-state index in [-0.39, 0.29) is 5.41 Å². The van der Waals surface area contributed by atoms with Gasteiger partial charge in [-0.05, 0) is 104 Å². The molecule has 0 atom stereocenters. The Morgan fingerprint density at radius 2 is 0.783 bits per heavy atom. The zero-order valence-corrected chi connectivity index (χ0v) is 26.2. The van der Waals surface area contributed by atoms with Gasteiger partial charge in [-0.2, -0.15) is 0 Å². The van der Waals surface area contributed by atoms with Crippen LogP contribution in [0.1, 0.15) is 25.0 Å². The molecule has 7 aromatic rings. The third-order valence-electron chi connectivity index (χ3n) is 9.44. The lowest BCUT2D eigenvalue weighted by Gasteiger charge is -2.25. The van der Waals surface area contributed by atoms with Crippen LogP contribution in [-0.2, 0) is 5.41 Å². The molecule has 1 nitrogen and oxygen atoms in total. The molecule has 46 heavy (non-hydrogen) atoms. The van der Waals surface area contributed by atoms with Gasteiger partial charge in [0.15, 0.2) is 0 Å². The minimum Gasteiger partial charge on any atom is -0.311 e. The highest BCUT2D eigenvalue weighted by atomic mass is 15.1. The average Bonchev–Trinajstić information content (AvgIpc) is 3.36. The molecule has 1 heteroatoms. The second kappa shape index (κ2) is 11.4. The Morgan fingerprint density at radius 3 is 1.37 bits per heavy atom. The van der Waals surface area contributed by atoms with E-state index in [0.29, 0.717) is 0 Å². The summed E-state index contributed by atoms with van der Waals surface area (Å²) >= 11 is 0. The van der Waals surface area contributed by atoms with Crippen molar-refractivity contribution in [3.63, 3.8) is 0 Å². The van der Waals surface area contributed by atoms with Crippen LogP contribution < -0.4 is 4.90 Å².